The second-order valence-corrected chi connectivity index (χ2v) is 6.17. The number of anilines is 1. The van der Waals surface area contributed by atoms with E-state index < -0.39 is 5.79 Å². The molecule has 0 aromatic heterocycles. The molecule has 110 valence electrons. The molecule has 2 rings (SSSR count). The van der Waals surface area contributed by atoms with Gasteiger partial charge in [0.05, 0.1) is 12.3 Å². The molecule has 1 aromatic carbocycles. The zero-order valence-corrected chi connectivity index (χ0v) is 13.6. The van der Waals surface area contributed by atoms with E-state index in [1.54, 1.807) is 6.07 Å². The lowest BCUT2D eigenvalue weighted by atomic mass is 10.3. The second-order valence-electron chi connectivity index (χ2n) is 4.91. The average Bonchev–Trinajstić information content (AvgIpc) is 2.70. The summed E-state index contributed by atoms with van der Waals surface area (Å²) in [4.78, 5) is 0. The fourth-order valence-electron chi connectivity index (χ4n) is 1.83. The van der Waals surface area contributed by atoms with Crippen molar-refractivity contribution in [2.24, 2.45) is 0 Å². The molecule has 0 radical (unpaired) electrons. The van der Waals surface area contributed by atoms with Crippen LogP contribution in [0.4, 0.5) is 10.1 Å². The molecule has 20 heavy (non-hydrogen) atoms. The number of thiocarbonyl (C=S) groups is 1. The SMILES string of the molecule is CC1(C)OCC(CNC(=S)Nc2ccc(F)cc2Br)O1. The van der Waals surface area contributed by atoms with Crippen LogP contribution in [0.1, 0.15) is 13.8 Å². The quantitative estimate of drug-likeness (QED) is 0.809. The molecule has 1 aliphatic rings. The monoisotopic (exact) mass is 362 g/mol. The highest BCUT2D eigenvalue weighted by molar-refractivity contribution is 9.10. The van der Waals surface area contributed by atoms with Crippen molar-refractivity contribution < 1.29 is 13.9 Å². The Hall–Kier alpha value is -0.760. The van der Waals surface area contributed by atoms with Gasteiger partial charge in [-0.3, -0.25) is 0 Å². The van der Waals surface area contributed by atoms with Crippen LogP contribution in [0.5, 0.6) is 0 Å². The Morgan fingerprint density at radius 1 is 1.55 bits per heavy atom. The van der Waals surface area contributed by atoms with Crippen molar-refractivity contribution in [2.75, 3.05) is 18.5 Å². The molecule has 1 atom stereocenters. The summed E-state index contributed by atoms with van der Waals surface area (Å²) in [5.74, 6) is -0.846. The normalized spacial score (nSPS) is 20.7. The van der Waals surface area contributed by atoms with Crippen LogP contribution < -0.4 is 10.6 Å². The van der Waals surface area contributed by atoms with Crippen molar-refractivity contribution in [1.82, 2.24) is 5.32 Å². The predicted octanol–water partition coefficient (Wildman–Crippen LogP) is 3.03. The third-order valence-corrected chi connectivity index (χ3v) is 3.64. The molecule has 0 amide bonds. The van der Waals surface area contributed by atoms with Gasteiger partial charge in [0.15, 0.2) is 10.9 Å². The highest BCUT2D eigenvalue weighted by Gasteiger charge is 2.32. The summed E-state index contributed by atoms with van der Waals surface area (Å²) >= 11 is 8.46. The van der Waals surface area contributed by atoms with Crippen LogP contribution in [-0.2, 0) is 9.47 Å². The van der Waals surface area contributed by atoms with Gasteiger partial charge in [0.1, 0.15) is 11.9 Å². The zero-order valence-electron chi connectivity index (χ0n) is 11.2. The molecule has 1 aliphatic heterocycles. The fraction of sp³-hybridized carbons (Fsp3) is 0.462. The molecule has 7 heteroatoms. The van der Waals surface area contributed by atoms with E-state index in [1.807, 2.05) is 13.8 Å². The summed E-state index contributed by atoms with van der Waals surface area (Å²) in [6.45, 7) is 4.83. The molecule has 0 bridgehead atoms. The summed E-state index contributed by atoms with van der Waals surface area (Å²) in [6, 6.07) is 4.36. The lowest BCUT2D eigenvalue weighted by Crippen LogP contribution is -2.36. The van der Waals surface area contributed by atoms with E-state index >= 15 is 0 Å². The van der Waals surface area contributed by atoms with Crippen LogP contribution in [-0.4, -0.2) is 30.2 Å². The van der Waals surface area contributed by atoms with Gasteiger partial charge in [-0.1, -0.05) is 0 Å². The van der Waals surface area contributed by atoms with E-state index in [9.17, 15) is 4.39 Å². The third-order valence-electron chi connectivity index (χ3n) is 2.74. The smallest absolute Gasteiger partial charge is 0.170 e. The van der Waals surface area contributed by atoms with Gasteiger partial charge in [-0.2, -0.15) is 0 Å². The standard InChI is InChI=1S/C13H16BrFN2O2S/c1-13(2)18-7-9(19-13)6-16-12(20)17-11-4-3-8(15)5-10(11)14/h3-5,9H,6-7H2,1-2H3,(H2,16,17,20). The maximum atomic E-state index is 13.0. The largest absolute Gasteiger partial charge is 0.360 e. The van der Waals surface area contributed by atoms with Crippen molar-refractivity contribution in [3.63, 3.8) is 0 Å². The Bertz CT molecular complexity index is 513. The van der Waals surface area contributed by atoms with Crippen molar-refractivity contribution in [2.45, 2.75) is 25.7 Å². The van der Waals surface area contributed by atoms with Gasteiger partial charge >= 0.3 is 0 Å². The van der Waals surface area contributed by atoms with Crippen LogP contribution in [0.15, 0.2) is 22.7 Å². The minimum Gasteiger partial charge on any atom is -0.360 e. The van der Waals surface area contributed by atoms with Gasteiger partial charge in [0, 0.05) is 11.0 Å². The van der Waals surface area contributed by atoms with Crippen LogP contribution in [0.25, 0.3) is 0 Å². The Balaban J connectivity index is 1.81. The maximum Gasteiger partial charge on any atom is 0.170 e. The predicted molar refractivity (Wildman–Crippen MR) is 83.2 cm³/mol. The average molecular weight is 363 g/mol. The summed E-state index contributed by atoms with van der Waals surface area (Å²) in [5, 5.41) is 6.50. The van der Waals surface area contributed by atoms with Gasteiger partial charge in [0.25, 0.3) is 0 Å². The van der Waals surface area contributed by atoms with Gasteiger partial charge in [-0.15, -0.1) is 0 Å². The molecule has 1 aromatic rings. The van der Waals surface area contributed by atoms with E-state index in [-0.39, 0.29) is 11.9 Å². The molecule has 1 unspecified atom stereocenters. The van der Waals surface area contributed by atoms with E-state index in [0.717, 1.165) is 0 Å². The molecule has 0 aliphatic carbocycles. The molecule has 1 heterocycles. The molecule has 1 fully saturated rings. The first kappa shape index (κ1) is 15.6. The molecular formula is C13H16BrFN2O2S. The molecule has 0 saturated carbocycles. The number of halogens is 2. The van der Waals surface area contributed by atoms with Crippen molar-refractivity contribution in [3.05, 3.63) is 28.5 Å². The minimum atomic E-state index is -0.540. The fourth-order valence-corrected chi connectivity index (χ4v) is 2.47. The van der Waals surface area contributed by atoms with Crippen molar-refractivity contribution >= 4 is 38.9 Å². The Morgan fingerprint density at radius 2 is 2.30 bits per heavy atom. The summed E-state index contributed by atoms with van der Waals surface area (Å²) in [7, 11) is 0. The molecule has 0 spiro atoms. The first-order valence-electron chi connectivity index (χ1n) is 6.17. The Morgan fingerprint density at radius 3 is 2.90 bits per heavy atom. The molecule has 2 N–H and O–H groups in total. The number of hydrogen-bond donors (Lipinski definition) is 2. The Kier molecular flexibility index (Phi) is 4.95. The lowest BCUT2D eigenvalue weighted by Gasteiger charge is -2.18. The second kappa shape index (κ2) is 6.34. The van der Waals surface area contributed by atoms with Crippen LogP contribution >= 0.6 is 28.1 Å². The van der Waals surface area contributed by atoms with Gasteiger partial charge in [-0.25, -0.2) is 4.39 Å². The van der Waals surface area contributed by atoms with E-state index in [2.05, 4.69) is 26.6 Å². The number of benzene rings is 1. The number of ether oxygens (including phenoxy) is 2. The van der Waals surface area contributed by atoms with Gasteiger partial charge < -0.3 is 20.1 Å². The summed E-state index contributed by atoms with van der Waals surface area (Å²) in [5.41, 5.74) is 0.702. The zero-order chi connectivity index (χ0) is 14.8. The van der Waals surface area contributed by atoms with Crippen LogP contribution in [0.3, 0.4) is 0 Å². The van der Waals surface area contributed by atoms with Gasteiger partial charge in [0.2, 0.25) is 0 Å². The summed E-state index contributed by atoms with van der Waals surface area (Å²) < 4.78 is 24.7. The number of nitrogens with one attached hydrogen (secondary N) is 2. The summed E-state index contributed by atoms with van der Waals surface area (Å²) in [6.07, 6.45) is -0.0404. The first-order chi connectivity index (χ1) is 9.35. The Labute approximate surface area is 131 Å². The van der Waals surface area contributed by atoms with E-state index in [4.69, 9.17) is 21.7 Å². The molecule has 1 saturated heterocycles. The highest BCUT2D eigenvalue weighted by Crippen LogP contribution is 2.23. The topological polar surface area (TPSA) is 42.5 Å². The van der Waals surface area contributed by atoms with Crippen molar-refractivity contribution in [1.29, 1.82) is 0 Å². The van der Waals surface area contributed by atoms with E-state index in [1.165, 1.54) is 12.1 Å². The molecular weight excluding hydrogens is 347 g/mol. The number of hydrogen-bond acceptors (Lipinski definition) is 3. The third kappa shape index (κ3) is 4.37. The molecule has 4 nitrogen and oxygen atoms in total. The van der Waals surface area contributed by atoms with Crippen LogP contribution in [0, 0.1) is 5.82 Å². The maximum absolute atomic E-state index is 13.0. The van der Waals surface area contributed by atoms with E-state index in [0.29, 0.717) is 28.4 Å². The lowest BCUT2D eigenvalue weighted by molar-refractivity contribution is -0.137. The number of rotatable bonds is 3. The van der Waals surface area contributed by atoms with Crippen LogP contribution in [0.2, 0.25) is 0 Å². The minimum absolute atomic E-state index is 0.0404. The van der Waals surface area contributed by atoms with Crippen molar-refractivity contribution in [3.8, 4) is 0 Å². The highest BCUT2D eigenvalue weighted by atomic mass is 79.9. The van der Waals surface area contributed by atoms with Gasteiger partial charge in [-0.05, 0) is 60.2 Å². The first-order valence-corrected chi connectivity index (χ1v) is 7.37.